The van der Waals surface area contributed by atoms with E-state index in [1.54, 1.807) is 0 Å². The summed E-state index contributed by atoms with van der Waals surface area (Å²) in [5, 5.41) is 6.42. The first-order valence-electron chi connectivity index (χ1n) is 5.42. The van der Waals surface area contributed by atoms with Gasteiger partial charge in [0.25, 0.3) is 0 Å². The first-order valence-corrected chi connectivity index (χ1v) is 5.42. The summed E-state index contributed by atoms with van der Waals surface area (Å²) >= 11 is 0. The highest BCUT2D eigenvalue weighted by molar-refractivity contribution is 5.69. The second kappa shape index (κ2) is 4.53. The van der Waals surface area contributed by atoms with Crippen LogP contribution < -0.4 is 5.73 Å². The Bertz CT molecular complexity index is 514. The highest BCUT2D eigenvalue weighted by Gasteiger charge is 2.18. The fourth-order valence-electron chi connectivity index (χ4n) is 1.83. The zero-order valence-electron chi connectivity index (χ0n) is 9.43. The molecule has 0 spiro atoms. The van der Waals surface area contributed by atoms with Crippen LogP contribution in [0.1, 0.15) is 18.9 Å². The predicted octanol–water partition coefficient (Wildman–Crippen LogP) is 2.89. The molecular weight excluding hydrogens is 224 g/mol. The molecule has 0 aliphatic heterocycles. The third-order valence-electron chi connectivity index (χ3n) is 2.61. The second-order valence-electron chi connectivity index (χ2n) is 3.81. The first-order chi connectivity index (χ1) is 8.15. The van der Waals surface area contributed by atoms with Crippen molar-refractivity contribution in [3.63, 3.8) is 0 Å². The molecule has 0 aliphatic carbocycles. The lowest BCUT2D eigenvalue weighted by molar-refractivity contribution is 0.588. The Labute approximate surface area is 97.7 Å². The summed E-state index contributed by atoms with van der Waals surface area (Å²) in [6.07, 6.45) is 1.46. The molecule has 2 rings (SSSR count). The Morgan fingerprint density at radius 3 is 2.53 bits per heavy atom. The number of nitrogens with one attached hydrogen (secondary N) is 1. The molecule has 0 radical (unpaired) electrons. The van der Waals surface area contributed by atoms with Gasteiger partial charge in [-0.15, -0.1) is 0 Å². The smallest absolute Gasteiger partial charge is 0.149 e. The SMILES string of the molecule is CCCc1c(N)n[nH]c1-c1c(F)cccc1F. The zero-order chi connectivity index (χ0) is 12.4. The Balaban J connectivity index is 2.60. The van der Waals surface area contributed by atoms with E-state index in [0.29, 0.717) is 23.5 Å². The minimum Gasteiger partial charge on any atom is -0.382 e. The maximum absolute atomic E-state index is 13.6. The van der Waals surface area contributed by atoms with E-state index < -0.39 is 11.6 Å². The average Bonchev–Trinajstić information content (AvgIpc) is 2.62. The van der Waals surface area contributed by atoms with Crippen molar-refractivity contribution in [2.45, 2.75) is 19.8 Å². The molecule has 0 amide bonds. The molecule has 0 atom stereocenters. The van der Waals surface area contributed by atoms with Crippen molar-refractivity contribution in [1.29, 1.82) is 0 Å². The van der Waals surface area contributed by atoms with E-state index in [9.17, 15) is 8.78 Å². The van der Waals surface area contributed by atoms with Crippen LogP contribution in [0.5, 0.6) is 0 Å². The number of hydrogen-bond acceptors (Lipinski definition) is 2. The monoisotopic (exact) mass is 237 g/mol. The molecular formula is C12H13F2N3. The highest BCUT2D eigenvalue weighted by atomic mass is 19.1. The molecule has 0 aliphatic rings. The van der Waals surface area contributed by atoms with Gasteiger partial charge in [0.1, 0.15) is 17.5 Å². The van der Waals surface area contributed by atoms with Gasteiger partial charge in [-0.1, -0.05) is 19.4 Å². The molecule has 0 saturated carbocycles. The van der Waals surface area contributed by atoms with Gasteiger partial charge in [-0.25, -0.2) is 8.78 Å². The molecule has 0 bridgehead atoms. The van der Waals surface area contributed by atoms with Gasteiger partial charge >= 0.3 is 0 Å². The standard InChI is InChI=1S/C12H13F2N3/c1-2-4-7-11(16-17-12(7)15)10-8(13)5-3-6-9(10)14/h3,5-6H,2,4H2,1H3,(H3,15,16,17). The van der Waals surface area contributed by atoms with Gasteiger partial charge in [0.15, 0.2) is 0 Å². The largest absolute Gasteiger partial charge is 0.382 e. The van der Waals surface area contributed by atoms with E-state index in [-0.39, 0.29) is 5.56 Å². The maximum Gasteiger partial charge on any atom is 0.149 e. The van der Waals surface area contributed by atoms with Crippen LogP contribution in [0.25, 0.3) is 11.3 Å². The first kappa shape index (κ1) is 11.6. The van der Waals surface area contributed by atoms with E-state index in [4.69, 9.17) is 5.73 Å². The van der Waals surface area contributed by atoms with Crippen molar-refractivity contribution in [1.82, 2.24) is 10.2 Å². The number of nitrogens with zero attached hydrogens (tertiary/aromatic N) is 1. The molecule has 1 aromatic heterocycles. The fourth-order valence-corrected chi connectivity index (χ4v) is 1.83. The number of benzene rings is 1. The van der Waals surface area contributed by atoms with Crippen LogP contribution in [0.15, 0.2) is 18.2 Å². The number of hydrogen-bond donors (Lipinski definition) is 2. The van der Waals surface area contributed by atoms with Crippen molar-refractivity contribution in [3.8, 4) is 11.3 Å². The van der Waals surface area contributed by atoms with E-state index in [1.807, 2.05) is 6.92 Å². The van der Waals surface area contributed by atoms with Gasteiger partial charge in [0.05, 0.1) is 11.3 Å². The summed E-state index contributed by atoms with van der Waals surface area (Å²) in [5.74, 6) is -0.943. The number of H-pyrrole nitrogens is 1. The Hall–Kier alpha value is -1.91. The van der Waals surface area contributed by atoms with Crippen LogP contribution >= 0.6 is 0 Å². The van der Waals surface area contributed by atoms with Gasteiger partial charge in [-0.3, -0.25) is 5.10 Å². The molecule has 3 N–H and O–H groups in total. The minimum absolute atomic E-state index is 0.0971. The third-order valence-corrected chi connectivity index (χ3v) is 2.61. The van der Waals surface area contributed by atoms with Crippen molar-refractivity contribution in [2.75, 3.05) is 5.73 Å². The van der Waals surface area contributed by atoms with E-state index in [2.05, 4.69) is 10.2 Å². The number of nitrogens with two attached hydrogens (primary N) is 1. The summed E-state index contributed by atoms with van der Waals surface area (Å²) in [4.78, 5) is 0. The predicted molar refractivity (Wildman–Crippen MR) is 62.3 cm³/mol. The summed E-state index contributed by atoms with van der Waals surface area (Å²) < 4.78 is 27.3. The van der Waals surface area contributed by atoms with E-state index in [0.717, 1.165) is 6.42 Å². The number of nitrogen functional groups attached to an aromatic ring is 1. The quantitative estimate of drug-likeness (QED) is 0.862. The van der Waals surface area contributed by atoms with Crippen LogP contribution in [0.2, 0.25) is 0 Å². The number of aromatic amines is 1. The third kappa shape index (κ3) is 2.00. The van der Waals surface area contributed by atoms with Gasteiger partial charge in [0.2, 0.25) is 0 Å². The van der Waals surface area contributed by atoms with E-state index >= 15 is 0 Å². The molecule has 1 heterocycles. The number of aromatic nitrogens is 2. The van der Waals surface area contributed by atoms with Crippen molar-refractivity contribution >= 4 is 5.82 Å². The molecule has 5 heteroatoms. The lowest BCUT2D eigenvalue weighted by Crippen LogP contribution is -1.96. The molecule has 17 heavy (non-hydrogen) atoms. The molecule has 0 saturated heterocycles. The number of rotatable bonds is 3. The van der Waals surface area contributed by atoms with Crippen LogP contribution in [0.3, 0.4) is 0 Å². The van der Waals surface area contributed by atoms with E-state index in [1.165, 1.54) is 18.2 Å². The van der Waals surface area contributed by atoms with Gasteiger partial charge < -0.3 is 5.73 Å². The Morgan fingerprint density at radius 2 is 1.94 bits per heavy atom. The zero-order valence-corrected chi connectivity index (χ0v) is 9.43. The Kier molecular flexibility index (Phi) is 3.08. The topological polar surface area (TPSA) is 54.7 Å². The highest BCUT2D eigenvalue weighted by Crippen LogP contribution is 2.30. The summed E-state index contributed by atoms with van der Waals surface area (Å²) in [5.41, 5.74) is 6.58. The lowest BCUT2D eigenvalue weighted by atomic mass is 10.0. The van der Waals surface area contributed by atoms with Crippen LogP contribution in [-0.2, 0) is 6.42 Å². The molecule has 0 unspecified atom stereocenters. The van der Waals surface area contributed by atoms with Gasteiger partial charge in [-0.2, -0.15) is 5.10 Å². The van der Waals surface area contributed by atoms with Crippen molar-refractivity contribution in [2.24, 2.45) is 0 Å². The van der Waals surface area contributed by atoms with Crippen LogP contribution in [0.4, 0.5) is 14.6 Å². The van der Waals surface area contributed by atoms with Crippen LogP contribution in [0, 0.1) is 11.6 Å². The van der Waals surface area contributed by atoms with Crippen LogP contribution in [-0.4, -0.2) is 10.2 Å². The second-order valence-corrected chi connectivity index (χ2v) is 3.81. The van der Waals surface area contributed by atoms with Crippen molar-refractivity contribution < 1.29 is 8.78 Å². The van der Waals surface area contributed by atoms with Gasteiger partial charge in [0, 0.05) is 5.56 Å². The fraction of sp³-hybridized carbons (Fsp3) is 0.250. The Morgan fingerprint density at radius 1 is 1.29 bits per heavy atom. The van der Waals surface area contributed by atoms with Gasteiger partial charge in [-0.05, 0) is 18.6 Å². The normalized spacial score (nSPS) is 10.8. The minimum atomic E-state index is -0.619. The lowest BCUT2D eigenvalue weighted by Gasteiger charge is -2.05. The summed E-state index contributed by atoms with van der Waals surface area (Å²) in [6.45, 7) is 1.97. The summed E-state index contributed by atoms with van der Waals surface area (Å²) in [6, 6.07) is 3.75. The molecule has 1 aromatic carbocycles. The summed E-state index contributed by atoms with van der Waals surface area (Å²) in [7, 11) is 0. The molecule has 0 fully saturated rings. The molecule has 2 aromatic rings. The molecule has 90 valence electrons. The number of anilines is 1. The number of halogens is 2. The average molecular weight is 237 g/mol. The van der Waals surface area contributed by atoms with Crippen molar-refractivity contribution in [3.05, 3.63) is 35.4 Å². The molecule has 3 nitrogen and oxygen atoms in total. The maximum atomic E-state index is 13.6.